The SMILES string of the molecule is CC1(C)OC(=O)C(c2ccc(O)cc2)=C1c1ccc(S(C)(=O)=O)cc1. The molecule has 0 fully saturated rings. The summed E-state index contributed by atoms with van der Waals surface area (Å²) < 4.78 is 28.8. The van der Waals surface area contributed by atoms with Crippen LogP contribution in [0.5, 0.6) is 5.75 Å². The van der Waals surface area contributed by atoms with E-state index >= 15 is 0 Å². The van der Waals surface area contributed by atoms with Crippen LogP contribution in [-0.4, -0.2) is 31.4 Å². The Hall–Kier alpha value is -2.60. The Balaban J connectivity index is 2.20. The smallest absolute Gasteiger partial charge is 0.340 e. The molecule has 0 aromatic heterocycles. The predicted octanol–water partition coefficient (Wildman–Crippen LogP) is 3.04. The number of phenolic OH excluding ortho intramolecular Hbond substituents is 1. The number of ether oxygens (including phenoxy) is 1. The highest BCUT2D eigenvalue weighted by molar-refractivity contribution is 7.90. The van der Waals surface area contributed by atoms with Gasteiger partial charge in [-0.3, -0.25) is 0 Å². The molecule has 2 aromatic rings. The molecular weight excluding hydrogens is 340 g/mol. The summed E-state index contributed by atoms with van der Waals surface area (Å²) in [5.41, 5.74) is 1.60. The van der Waals surface area contributed by atoms with Crippen molar-refractivity contribution in [3.05, 3.63) is 59.7 Å². The molecular formula is C19H18O5S. The third-order valence-corrected chi connectivity index (χ3v) is 5.26. The van der Waals surface area contributed by atoms with Crippen molar-refractivity contribution in [2.24, 2.45) is 0 Å². The minimum atomic E-state index is -3.30. The first-order chi connectivity index (χ1) is 11.6. The van der Waals surface area contributed by atoms with Crippen LogP contribution in [0.4, 0.5) is 0 Å². The van der Waals surface area contributed by atoms with Gasteiger partial charge in [0, 0.05) is 11.8 Å². The molecule has 0 aliphatic carbocycles. The molecule has 0 atom stereocenters. The molecule has 1 aliphatic rings. The van der Waals surface area contributed by atoms with Gasteiger partial charge < -0.3 is 9.84 Å². The van der Waals surface area contributed by atoms with Crippen molar-refractivity contribution >= 4 is 27.0 Å². The average Bonchev–Trinajstić information content (AvgIpc) is 2.76. The molecule has 0 spiro atoms. The second-order valence-electron chi connectivity index (χ2n) is 6.49. The quantitative estimate of drug-likeness (QED) is 0.853. The molecule has 130 valence electrons. The van der Waals surface area contributed by atoms with Crippen LogP contribution < -0.4 is 0 Å². The number of esters is 1. The molecule has 25 heavy (non-hydrogen) atoms. The van der Waals surface area contributed by atoms with Gasteiger partial charge in [0.25, 0.3) is 0 Å². The lowest BCUT2D eigenvalue weighted by molar-refractivity contribution is -0.141. The molecule has 0 bridgehead atoms. The van der Waals surface area contributed by atoms with E-state index < -0.39 is 21.4 Å². The minimum Gasteiger partial charge on any atom is -0.508 e. The summed E-state index contributed by atoms with van der Waals surface area (Å²) in [6, 6.07) is 12.7. The zero-order valence-corrected chi connectivity index (χ0v) is 14.9. The third kappa shape index (κ3) is 3.17. The van der Waals surface area contributed by atoms with Crippen molar-refractivity contribution in [1.82, 2.24) is 0 Å². The number of phenols is 1. The second-order valence-corrected chi connectivity index (χ2v) is 8.51. The third-order valence-electron chi connectivity index (χ3n) is 4.13. The predicted molar refractivity (Wildman–Crippen MR) is 94.6 cm³/mol. The van der Waals surface area contributed by atoms with E-state index in [9.17, 15) is 18.3 Å². The largest absolute Gasteiger partial charge is 0.508 e. The molecule has 5 nitrogen and oxygen atoms in total. The average molecular weight is 358 g/mol. The van der Waals surface area contributed by atoms with Crippen molar-refractivity contribution < 1.29 is 23.1 Å². The second kappa shape index (κ2) is 5.74. The lowest BCUT2D eigenvalue weighted by Gasteiger charge is -2.21. The molecule has 2 aromatic carbocycles. The zero-order valence-electron chi connectivity index (χ0n) is 14.1. The Bertz CT molecular complexity index is 965. The van der Waals surface area contributed by atoms with E-state index in [4.69, 9.17) is 4.74 Å². The Morgan fingerprint density at radius 1 is 0.920 bits per heavy atom. The fourth-order valence-corrected chi connectivity index (χ4v) is 3.62. The normalized spacial score (nSPS) is 16.8. The molecule has 3 rings (SSSR count). The van der Waals surface area contributed by atoms with E-state index in [2.05, 4.69) is 0 Å². The van der Waals surface area contributed by atoms with Gasteiger partial charge in [-0.2, -0.15) is 0 Å². The van der Waals surface area contributed by atoms with Gasteiger partial charge in [0.15, 0.2) is 9.84 Å². The maximum atomic E-state index is 12.4. The van der Waals surface area contributed by atoms with E-state index in [0.29, 0.717) is 22.3 Å². The van der Waals surface area contributed by atoms with Crippen molar-refractivity contribution in [3.8, 4) is 5.75 Å². The van der Waals surface area contributed by atoms with Crippen LogP contribution in [0, 0.1) is 0 Å². The monoisotopic (exact) mass is 358 g/mol. The van der Waals surface area contributed by atoms with Gasteiger partial charge in [0.1, 0.15) is 11.4 Å². The highest BCUT2D eigenvalue weighted by Gasteiger charge is 2.41. The Kier molecular flexibility index (Phi) is 3.95. The topological polar surface area (TPSA) is 80.7 Å². The summed E-state index contributed by atoms with van der Waals surface area (Å²) in [6.45, 7) is 3.58. The Labute approximate surface area is 146 Å². The first-order valence-electron chi connectivity index (χ1n) is 7.67. The van der Waals surface area contributed by atoms with E-state index in [-0.39, 0.29) is 10.6 Å². The number of hydrogen-bond donors (Lipinski definition) is 1. The van der Waals surface area contributed by atoms with Crippen molar-refractivity contribution in [1.29, 1.82) is 0 Å². The lowest BCUT2D eigenvalue weighted by Crippen LogP contribution is -2.22. The number of hydrogen-bond acceptors (Lipinski definition) is 5. The standard InChI is InChI=1S/C19H18O5S/c1-19(2)17(13-6-10-15(11-7-13)25(3,22)23)16(18(21)24-19)12-4-8-14(20)9-5-12/h4-11,20H,1-3H3. The molecule has 0 unspecified atom stereocenters. The van der Waals surface area contributed by atoms with Crippen LogP contribution in [-0.2, 0) is 19.4 Å². The summed E-state index contributed by atoms with van der Waals surface area (Å²) >= 11 is 0. The van der Waals surface area contributed by atoms with Gasteiger partial charge in [-0.15, -0.1) is 0 Å². The van der Waals surface area contributed by atoms with Crippen molar-refractivity contribution in [2.45, 2.75) is 24.3 Å². The Morgan fingerprint density at radius 3 is 1.96 bits per heavy atom. The van der Waals surface area contributed by atoms with Crippen LogP contribution in [0.1, 0.15) is 25.0 Å². The lowest BCUT2D eigenvalue weighted by atomic mass is 9.87. The van der Waals surface area contributed by atoms with Crippen LogP contribution in [0.25, 0.3) is 11.1 Å². The molecule has 1 N–H and O–H groups in total. The molecule has 1 heterocycles. The summed E-state index contributed by atoms with van der Waals surface area (Å²) in [6.07, 6.45) is 1.15. The van der Waals surface area contributed by atoms with Gasteiger partial charge in [-0.1, -0.05) is 24.3 Å². The number of benzene rings is 2. The molecule has 0 amide bonds. The maximum absolute atomic E-state index is 12.4. The summed E-state index contributed by atoms with van der Waals surface area (Å²) in [5, 5.41) is 9.47. The number of sulfone groups is 1. The number of rotatable bonds is 3. The fraction of sp³-hybridized carbons (Fsp3) is 0.211. The van der Waals surface area contributed by atoms with E-state index in [0.717, 1.165) is 6.26 Å². The van der Waals surface area contributed by atoms with Crippen molar-refractivity contribution in [2.75, 3.05) is 6.26 Å². The van der Waals surface area contributed by atoms with E-state index in [1.165, 1.54) is 24.3 Å². The summed E-state index contributed by atoms with van der Waals surface area (Å²) in [5.74, 6) is -0.341. The van der Waals surface area contributed by atoms with Crippen LogP contribution >= 0.6 is 0 Å². The van der Waals surface area contributed by atoms with Crippen LogP contribution in [0.15, 0.2) is 53.4 Å². The molecule has 6 heteroatoms. The Morgan fingerprint density at radius 2 is 1.44 bits per heavy atom. The highest BCUT2D eigenvalue weighted by atomic mass is 32.2. The maximum Gasteiger partial charge on any atom is 0.340 e. The fourth-order valence-electron chi connectivity index (χ4n) is 2.99. The number of aromatic hydroxyl groups is 1. The molecule has 0 saturated carbocycles. The van der Waals surface area contributed by atoms with E-state index in [1.54, 1.807) is 38.1 Å². The zero-order chi connectivity index (χ0) is 18.4. The summed E-state index contributed by atoms with van der Waals surface area (Å²) in [4.78, 5) is 12.7. The minimum absolute atomic E-state index is 0.106. The molecule has 0 saturated heterocycles. The van der Waals surface area contributed by atoms with Gasteiger partial charge >= 0.3 is 5.97 Å². The van der Waals surface area contributed by atoms with Gasteiger partial charge in [0.05, 0.1) is 10.5 Å². The number of carbonyl (C=O) groups is 1. The van der Waals surface area contributed by atoms with Crippen LogP contribution in [0.2, 0.25) is 0 Å². The first-order valence-corrected chi connectivity index (χ1v) is 9.57. The number of cyclic esters (lactones) is 1. The van der Waals surface area contributed by atoms with Gasteiger partial charge in [-0.25, -0.2) is 13.2 Å². The van der Waals surface area contributed by atoms with E-state index in [1.807, 2.05) is 0 Å². The first kappa shape index (κ1) is 17.2. The van der Waals surface area contributed by atoms with Crippen molar-refractivity contribution in [3.63, 3.8) is 0 Å². The molecule has 1 aliphatic heterocycles. The van der Waals surface area contributed by atoms with Gasteiger partial charge in [-0.05, 0) is 49.2 Å². The number of carbonyl (C=O) groups excluding carboxylic acids is 1. The summed E-state index contributed by atoms with van der Waals surface area (Å²) in [7, 11) is -3.30. The van der Waals surface area contributed by atoms with Crippen LogP contribution in [0.3, 0.4) is 0 Å². The molecule has 0 radical (unpaired) electrons. The van der Waals surface area contributed by atoms with Gasteiger partial charge in [0.2, 0.25) is 0 Å². The highest BCUT2D eigenvalue weighted by Crippen LogP contribution is 2.43.